The highest BCUT2D eigenvalue weighted by molar-refractivity contribution is 6.04. The first kappa shape index (κ1) is 18.3. The van der Waals surface area contributed by atoms with Crippen LogP contribution in [0.25, 0.3) is 11.0 Å². The summed E-state index contributed by atoms with van der Waals surface area (Å²) < 4.78 is 11.5. The topological polar surface area (TPSA) is 68.5 Å². The molecule has 144 valence electrons. The van der Waals surface area contributed by atoms with Gasteiger partial charge in [-0.25, -0.2) is 0 Å². The van der Waals surface area contributed by atoms with Crippen LogP contribution in [0, 0.1) is 6.92 Å². The number of ketones is 1. The number of benzene rings is 2. The van der Waals surface area contributed by atoms with Gasteiger partial charge in [-0.2, -0.15) is 0 Å². The molecule has 0 fully saturated rings. The fourth-order valence-corrected chi connectivity index (χ4v) is 3.94. The van der Waals surface area contributed by atoms with Gasteiger partial charge in [0.1, 0.15) is 17.1 Å². The molecule has 28 heavy (non-hydrogen) atoms. The average Bonchev–Trinajstić information content (AvgIpc) is 3.23. The summed E-state index contributed by atoms with van der Waals surface area (Å²) in [5.41, 5.74) is 3.55. The Morgan fingerprint density at radius 2 is 2.07 bits per heavy atom. The molecule has 0 bridgehead atoms. The van der Waals surface area contributed by atoms with E-state index in [0.29, 0.717) is 23.5 Å². The summed E-state index contributed by atoms with van der Waals surface area (Å²) in [6.45, 7) is 5.76. The molecule has 4 rings (SSSR count). The summed E-state index contributed by atoms with van der Waals surface area (Å²) in [4.78, 5) is 24.7. The molecule has 2 aromatic carbocycles. The predicted octanol–water partition coefficient (Wildman–Crippen LogP) is 4.69. The Balaban J connectivity index is 1.43. The van der Waals surface area contributed by atoms with E-state index in [4.69, 9.17) is 9.15 Å². The van der Waals surface area contributed by atoms with E-state index in [-0.39, 0.29) is 30.3 Å². The molecule has 1 aliphatic carbocycles. The Kier molecular flexibility index (Phi) is 4.67. The van der Waals surface area contributed by atoms with E-state index in [2.05, 4.69) is 5.32 Å². The van der Waals surface area contributed by atoms with Crippen LogP contribution in [0.2, 0.25) is 0 Å². The van der Waals surface area contributed by atoms with Crippen molar-refractivity contribution in [1.82, 2.24) is 5.32 Å². The summed E-state index contributed by atoms with van der Waals surface area (Å²) in [6, 6.07) is 13.1. The van der Waals surface area contributed by atoms with Crippen LogP contribution < -0.4 is 10.1 Å². The summed E-state index contributed by atoms with van der Waals surface area (Å²) in [5, 5.41) is 3.88. The van der Waals surface area contributed by atoms with Crippen molar-refractivity contribution in [2.45, 2.75) is 39.2 Å². The second-order valence-electron chi connectivity index (χ2n) is 7.46. The Morgan fingerprint density at radius 3 is 2.86 bits per heavy atom. The van der Waals surface area contributed by atoms with Crippen molar-refractivity contribution in [3.05, 3.63) is 64.9 Å². The highest BCUT2D eigenvalue weighted by Gasteiger charge is 2.31. The zero-order valence-corrected chi connectivity index (χ0v) is 16.2. The minimum Gasteiger partial charge on any atom is -0.483 e. The molecule has 5 heteroatoms. The highest BCUT2D eigenvalue weighted by Crippen LogP contribution is 2.40. The zero-order chi connectivity index (χ0) is 19.8. The van der Waals surface area contributed by atoms with E-state index >= 15 is 0 Å². The molecule has 1 aromatic heterocycles. The third-order valence-electron chi connectivity index (χ3n) is 5.30. The van der Waals surface area contributed by atoms with Gasteiger partial charge in [-0.1, -0.05) is 31.2 Å². The average molecular weight is 377 g/mol. The van der Waals surface area contributed by atoms with E-state index in [1.807, 2.05) is 57.2 Å². The van der Waals surface area contributed by atoms with E-state index in [1.54, 1.807) is 6.07 Å². The molecule has 1 heterocycles. The van der Waals surface area contributed by atoms with Crippen LogP contribution in [0.5, 0.6) is 5.75 Å². The summed E-state index contributed by atoms with van der Waals surface area (Å²) in [6.07, 6.45) is 0.492. The van der Waals surface area contributed by atoms with Crippen molar-refractivity contribution in [3.8, 4) is 5.75 Å². The van der Waals surface area contributed by atoms with Crippen LogP contribution in [0.15, 0.2) is 46.9 Å². The zero-order valence-electron chi connectivity index (χ0n) is 16.2. The molecule has 0 aliphatic heterocycles. The molecule has 0 saturated carbocycles. The van der Waals surface area contributed by atoms with Gasteiger partial charge in [0.15, 0.2) is 12.4 Å². The van der Waals surface area contributed by atoms with Gasteiger partial charge in [0.2, 0.25) is 0 Å². The number of Topliss-reactive ketones (excluding diaryl/α,β-unsaturated/α-hetero) is 1. The summed E-state index contributed by atoms with van der Waals surface area (Å²) >= 11 is 0. The van der Waals surface area contributed by atoms with Crippen molar-refractivity contribution in [2.75, 3.05) is 6.61 Å². The van der Waals surface area contributed by atoms with Crippen LogP contribution >= 0.6 is 0 Å². The fraction of sp³-hybridized carbons (Fsp3) is 0.304. The number of carbonyl (C=O) groups is 2. The maximum absolute atomic E-state index is 12.4. The molecule has 1 amide bonds. The molecular weight excluding hydrogens is 354 g/mol. The normalized spacial score (nSPS) is 16.8. The van der Waals surface area contributed by atoms with Crippen molar-refractivity contribution in [1.29, 1.82) is 0 Å². The van der Waals surface area contributed by atoms with Gasteiger partial charge in [0, 0.05) is 11.8 Å². The SMILES string of the molecule is Cc1ccc(OCC(=O)N[C@@H](C)c2cc3ccccc3o2)c2c1[C@@H](C)CC2=O. The number of nitrogens with one attached hydrogen (secondary N) is 1. The maximum Gasteiger partial charge on any atom is 0.258 e. The van der Waals surface area contributed by atoms with Gasteiger partial charge in [-0.05, 0) is 49.1 Å². The van der Waals surface area contributed by atoms with Crippen molar-refractivity contribution in [2.24, 2.45) is 0 Å². The second kappa shape index (κ2) is 7.15. The number of amides is 1. The highest BCUT2D eigenvalue weighted by atomic mass is 16.5. The van der Waals surface area contributed by atoms with E-state index in [0.717, 1.165) is 22.1 Å². The Bertz CT molecular complexity index is 1030. The third kappa shape index (κ3) is 3.28. The Hall–Kier alpha value is -3.08. The smallest absolute Gasteiger partial charge is 0.258 e. The van der Waals surface area contributed by atoms with Gasteiger partial charge in [0.05, 0.1) is 11.6 Å². The molecule has 0 unspecified atom stereocenters. The van der Waals surface area contributed by atoms with E-state index in [1.165, 1.54) is 0 Å². The van der Waals surface area contributed by atoms with E-state index < -0.39 is 0 Å². The number of rotatable bonds is 5. The molecule has 3 aromatic rings. The fourth-order valence-electron chi connectivity index (χ4n) is 3.94. The lowest BCUT2D eigenvalue weighted by atomic mass is 9.97. The van der Waals surface area contributed by atoms with Gasteiger partial charge < -0.3 is 14.5 Å². The second-order valence-corrected chi connectivity index (χ2v) is 7.46. The molecule has 0 saturated heterocycles. The molecular formula is C23H23NO4. The van der Waals surface area contributed by atoms with Gasteiger partial charge in [-0.3, -0.25) is 9.59 Å². The third-order valence-corrected chi connectivity index (χ3v) is 5.30. The van der Waals surface area contributed by atoms with Crippen molar-refractivity contribution < 1.29 is 18.7 Å². The molecule has 1 aliphatic rings. The number of aryl methyl sites for hydroxylation is 1. The molecule has 0 spiro atoms. The molecule has 2 atom stereocenters. The minimum absolute atomic E-state index is 0.0808. The van der Waals surface area contributed by atoms with Gasteiger partial charge in [-0.15, -0.1) is 0 Å². The van der Waals surface area contributed by atoms with Crippen LogP contribution in [0.4, 0.5) is 0 Å². The quantitative estimate of drug-likeness (QED) is 0.700. The number of ether oxygens (including phenoxy) is 1. The van der Waals surface area contributed by atoms with Gasteiger partial charge >= 0.3 is 0 Å². The van der Waals surface area contributed by atoms with Crippen LogP contribution in [-0.4, -0.2) is 18.3 Å². The first-order valence-electron chi connectivity index (χ1n) is 9.51. The molecule has 5 nitrogen and oxygen atoms in total. The lowest BCUT2D eigenvalue weighted by molar-refractivity contribution is -0.123. The predicted molar refractivity (Wildman–Crippen MR) is 107 cm³/mol. The number of carbonyl (C=O) groups excluding carboxylic acids is 2. The van der Waals surface area contributed by atoms with Crippen molar-refractivity contribution in [3.63, 3.8) is 0 Å². The lowest BCUT2D eigenvalue weighted by Gasteiger charge is -2.15. The number of hydrogen-bond donors (Lipinski definition) is 1. The van der Waals surface area contributed by atoms with Gasteiger partial charge in [0.25, 0.3) is 5.91 Å². The van der Waals surface area contributed by atoms with Crippen LogP contribution in [-0.2, 0) is 4.79 Å². The first-order chi connectivity index (χ1) is 13.4. The molecule has 1 N–H and O–H groups in total. The van der Waals surface area contributed by atoms with E-state index in [9.17, 15) is 9.59 Å². The number of fused-ring (bicyclic) bond motifs is 2. The number of furan rings is 1. The Labute approximate surface area is 163 Å². The lowest BCUT2D eigenvalue weighted by Crippen LogP contribution is -2.31. The summed E-state index contributed by atoms with van der Waals surface area (Å²) in [7, 11) is 0. The largest absolute Gasteiger partial charge is 0.483 e. The summed E-state index contributed by atoms with van der Waals surface area (Å²) in [5.74, 6) is 1.18. The minimum atomic E-state index is -0.283. The number of para-hydroxylation sites is 1. The monoisotopic (exact) mass is 377 g/mol. The standard InChI is InChI=1S/C23H23NO4/c1-13-8-9-19(23-17(25)10-14(2)22(13)23)27-12-21(26)24-15(3)20-11-16-6-4-5-7-18(16)28-20/h4-9,11,14-15H,10,12H2,1-3H3,(H,24,26)/t14-,15-/m0/s1. The van der Waals surface area contributed by atoms with Crippen LogP contribution in [0.3, 0.4) is 0 Å². The van der Waals surface area contributed by atoms with Crippen molar-refractivity contribution >= 4 is 22.7 Å². The first-order valence-corrected chi connectivity index (χ1v) is 9.51. The number of hydrogen-bond acceptors (Lipinski definition) is 4. The maximum atomic E-state index is 12.4. The Morgan fingerprint density at radius 1 is 1.29 bits per heavy atom. The van der Waals surface area contributed by atoms with Crippen LogP contribution in [0.1, 0.15) is 59.5 Å². The molecule has 0 radical (unpaired) electrons.